The molecule has 0 bridgehead atoms. The van der Waals surface area contributed by atoms with Gasteiger partial charge in [-0.1, -0.05) is 25.4 Å². The number of hydrogen-bond acceptors (Lipinski definition) is 3. The van der Waals surface area contributed by atoms with Crippen LogP contribution in [0.1, 0.15) is 50.1 Å². The molecule has 1 aromatic carbocycles. The molecule has 2 aromatic rings. The van der Waals surface area contributed by atoms with Gasteiger partial charge in [0.25, 0.3) is 0 Å². The van der Waals surface area contributed by atoms with Crippen LogP contribution in [0.25, 0.3) is 5.69 Å². The molecule has 29 heavy (non-hydrogen) atoms. The number of hydrogen-bond donors (Lipinski definition) is 3. The Morgan fingerprint density at radius 3 is 1.79 bits per heavy atom. The van der Waals surface area contributed by atoms with Crippen LogP contribution in [0.5, 0.6) is 0 Å². The number of carboxylic acid groups (broad SMARTS) is 3. The lowest BCUT2D eigenvalue weighted by Gasteiger charge is -2.09. The summed E-state index contributed by atoms with van der Waals surface area (Å²) in [5.74, 6) is -2.27. The average Bonchev–Trinajstić information content (AvgIpc) is 2.90. The molecule has 0 amide bonds. The van der Waals surface area contributed by atoms with Gasteiger partial charge in [-0.05, 0) is 56.2 Å². The molecule has 0 radical (unpaired) electrons. The lowest BCUT2D eigenvalue weighted by Crippen LogP contribution is -2.03. The van der Waals surface area contributed by atoms with Gasteiger partial charge in [0.1, 0.15) is 0 Å². The van der Waals surface area contributed by atoms with E-state index in [1.54, 1.807) is 6.92 Å². The Hall–Kier alpha value is -2.80. The Morgan fingerprint density at radius 2 is 1.45 bits per heavy atom. The van der Waals surface area contributed by atoms with Crippen molar-refractivity contribution in [2.45, 2.75) is 53.4 Å². The lowest BCUT2D eigenvalue weighted by molar-refractivity contribution is -0.137. The van der Waals surface area contributed by atoms with Crippen LogP contribution in [0, 0.1) is 13.8 Å². The molecule has 160 valence electrons. The molecule has 0 aliphatic carbocycles. The van der Waals surface area contributed by atoms with E-state index in [9.17, 15) is 14.4 Å². The topological polar surface area (TPSA) is 117 Å². The van der Waals surface area contributed by atoms with Gasteiger partial charge in [0.2, 0.25) is 0 Å². The van der Waals surface area contributed by atoms with Crippen molar-refractivity contribution in [1.29, 1.82) is 0 Å². The van der Waals surface area contributed by atoms with Crippen LogP contribution in [0.15, 0.2) is 30.3 Å². The minimum atomic E-state index is -0.814. The number of rotatable bonds is 6. The predicted molar refractivity (Wildman–Crippen MR) is 112 cm³/mol. The summed E-state index contributed by atoms with van der Waals surface area (Å²) < 4.78 is 2.04. The molecule has 0 fully saturated rings. The molecular weight excluding hydrogens is 398 g/mol. The molecule has 7 nitrogen and oxygen atoms in total. The van der Waals surface area contributed by atoms with Gasteiger partial charge in [-0.25, -0.2) is 0 Å². The molecule has 0 saturated carbocycles. The maximum atomic E-state index is 10.8. The SMILES string of the molecule is CCC(=O)O.CCCC(=O)O.Cc1cc(CC(=O)O)c(C)n1-c1ccc(Cl)cc1. The van der Waals surface area contributed by atoms with E-state index in [1.165, 1.54) is 0 Å². The number of aliphatic carboxylic acids is 3. The zero-order chi connectivity index (χ0) is 22.6. The van der Waals surface area contributed by atoms with Crippen LogP contribution in [0.4, 0.5) is 0 Å². The number of carboxylic acids is 3. The molecule has 0 atom stereocenters. The smallest absolute Gasteiger partial charge is 0.307 e. The van der Waals surface area contributed by atoms with Crippen LogP contribution in [-0.4, -0.2) is 37.8 Å². The molecule has 8 heteroatoms. The van der Waals surface area contributed by atoms with Gasteiger partial charge >= 0.3 is 17.9 Å². The number of nitrogens with zero attached hydrogens (tertiary/aromatic N) is 1. The molecule has 0 aliphatic rings. The zero-order valence-corrected chi connectivity index (χ0v) is 17.9. The fourth-order valence-electron chi connectivity index (χ4n) is 2.37. The van der Waals surface area contributed by atoms with E-state index in [4.69, 9.17) is 26.9 Å². The second kappa shape index (κ2) is 13.4. The summed E-state index contributed by atoms with van der Waals surface area (Å²) in [5.41, 5.74) is 3.81. The number of aryl methyl sites for hydroxylation is 1. The third kappa shape index (κ3) is 10.4. The maximum absolute atomic E-state index is 10.8. The number of carbonyl (C=O) groups is 3. The van der Waals surface area contributed by atoms with Crippen LogP contribution < -0.4 is 0 Å². The highest BCUT2D eigenvalue weighted by atomic mass is 35.5. The summed E-state index contributed by atoms with van der Waals surface area (Å²) in [6.45, 7) is 7.34. The lowest BCUT2D eigenvalue weighted by atomic mass is 10.2. The molecule has 0 saturated heterocycles. The number of aromatic nitrogens is 1. The molecule has 2 rings (SSSR count). The van der Waals surface area contributed by atoms with Gasteiger partial charge in [0.15, 0.2) is 0 Å². The fourth-order valence-corrected chi connectivity index (χ4v) is 2.50. The number of benzene rings is 1. The largest absolute Gasteiger partial charge is 0.481 e. The third-order valence-corrected chi connectivity index (χ3v) is 3.98. The van der Waals surface area contributed by atoms with E-state index in [0.29, 0.717) is 11.4 Å². The fraction of sp³-hybridized carbons (Fsp3) is 0.381. The van der Waals surface area contributed by atoms with Gasteiger partial charge in [-0.2, -0.15) is 0 Å². The Labute approximate surface area is 175 Å². The molecule has 0 aliphatic heterocycles. The summed E-state index contributed by atoms with van der Waals surface area (Å²) in [7, 11) is 0. The molecular formula is C21H28ClNO6. The van der Waals surface area contributed by atoms with E-state index < -0.39 is 17.9 Å². The Balaban J connectivity index is 0.000000591. The summed E-state index contributed by atoms with van der Waals surface area (Å²) in [5, 5.41) is 25.2. The predicted octanol–water partition coefficient (Wildman–Crippen LogP) is 4.73. The molecule has 3 N–H and O–H groups in total. The normalized spacial score (nSPS) is 9.55. The standard InChI is InChI=1S/C14H14ClNO2.C4H8O2.C3H6O2/c1-9-7-11(8-14(17)18)10(2)16(9)13-5-3-12(15)4-6-13;1-2-3-4(5)6;1-2-3(4)5/h3-7H,8H2,1-2H3,(H,17,18);2-3H2,1H3,(H,5,6);2H2,1H3,(H,4,5). The van der Waals surface area contributed by atoms with Gasteiger partial charge in [-0.15, -0.1) is 0 Å². The third-order valence-electron chi connectivity index (χ3n) is 3.73. The summed E-state index contributed by atoms with van der Waals surface area (Å²) >= 11 is 5.87. The van der Waals surface area contributed by atoms with Crippen molar-refractivity contribution in [3.63, 3.8) is 0 Å². The Morgan fingerprint density at radius 1 is 0.931 bits per heavy atom. The minimum Gasteiger partial charge on any atom is -0.481 e. The Bertz CT molecular complexity index is 811. The van der Waals surface area contributed by atoms with Crippen molar-refractivity contribution in [2.24, 2.45) is 0 Å². The van der Waals surface area contributed by atoms with Gasteiger partial charge in [0.05, 0.1) is 6.42 Å². The molecule has 0 spiro atoms. The first kappa shape index (κ1) is 26.2. The monoisotopic (exact) mass is 425 g/mol. The first-order valence-corrected chi connectivity index (χ1v) is 9.50. The maximum Gasteiger partial charge on any atom is 0.307 e. The van der Waals surface area contributed by atoms with Gasteiger partial charge in [-0.3, -0.25) is 14.4 Å². The molecule has 0 unspecified atom stereocenters. The second-order valence-corrected chi connectivity index (χ2v) is 6.61. The van der Waals surface area contributed by atoms with E-state index in [2.05, 4.69) is 0 Å². The van der Waals surface area contributed by atoms with Crippen molar-refractivity contribution in [2.75, 3.05) is 0 Å². The van der Waals surface area contributed by atoms with E-state index >= 15 is 0 Å². The summed E-state index contributed by atoms with van der Waals surface area (Å²) in [6, 6.07) is 9.41. The van der Waals surface area contributed by atoms with E-state index in [0.717, 1.165) is 29.1 Å². The van der Waals surface area contributed by atoms with Crippen LogP contribution in [-0.2, 0) is 20.8 Å². The van der Waals surface area contributed by atoms with E-state index in [1.807, 2.05) is 55.7 Å². The van der Waals surface area contributed by atoms with E-state index in [-0.39, 0.29) is 12.8 Å². The highest BCUT2D eigenvalue weighted by Crippen LogP contribution is 2.22. The van der Waals surface area contributed by atoms with Crippen LogP contribution >= 0.6 is 11.6 Å². The van der Waals surface area contributed by atoms with Crippen molar-refractivity contribution in [3.05, 3.63) is 52.3 Å². The average molecular weight is 426 g/mol. The van der Waals surface area contributed by atoms with Crippen LogP contribution in [0.3, 0.4) is 0 Å². The molecule has 1 aromatic heterocycles. The first-order valence-electron chi connectivity index (χ1n) is 9.12. The zero-order valence-electron chi connectivity index (χ0n) is 17.1. The summed E-state index contributed by atoms with van der Waals surface area (Å²) in [4.78, 5) is 29.8. The van der Waals surface area contributed by atoms with Crippen molar-refractivity contribution < 1.29 is 29.7 Å². The van der Waals surface area contributed by atoms with Gasteiger partial charge < -0.3 is 19.9 Å². The van der Waals surface area contributed by atoms with Crippen LogP contribution in [0.2, 0.25) is 5.02 Å². The first-order chi connectivity index (χ1) is 13.5. The second-order valence-electron chi connectivity index (χ2n) is 6.17. The minimum absolute atomic E-state index is 0.0489. The highest BCUT2D eigenvalue weighted by Gasteiger charge is 2.12. The Kier molecular flexibility index (Phi) is 12.1. The highest BCUT2D eigenvalue weighted by molar-refractivity contribution is 6.30. The van der Waals surface area contributed by atoms with Crippen molar-refractivity contribution in [1.82, 2.24) is 4.57 Å². The van der Waals surface area contributed by atoms with Crippen molar-refractivity contribution in [3.8, 4) is 5.69 Å². The number of halogens is 1. The quantitative estimate of drug-likeness (QED) is 0.616. The molecule has 1 heterocycles. The van der Waals surface area contributed by atoms with Crippen molar-refractivity contribution >= 4 is 29.5 Å². The van der Waals surface area contributed by atoms with Gasteiger partial charge in [0, 0.05) is 34.9 Å². The summed E-state index contributed by atoms with van der Waals surface area (Å²) in [6.07, 6.45) is 1.29.